The number of aromatic nitrogens is 4. The maximum absolute atomic E-state index is 13.6. The number of hydrogen-bond acceptors (Lipinski definition) is 7. The van der Waals surface area contributed by atoms with E-state index in [1.54, 1.807) is 0 Å². The molecule has 1 aliphatic heterocycles. The highest BCUT2D eigenvalue weighted by Crippen LogP contribution is 2.32. The zero-order valence-corrected chi connectivity index (χ0v) is 22.2. The van der Waals surface area contributed by atoms with E-state index in [0.29, 0.717) is 18.9 Å². The Balaban J connectivity index is 1.68. The van der Waals surface area contributed by atoms with E-state index in [1.807, 2.05) is 51.1 Å². The number of carbonyl (C=O) groups is 2. The third-order valence-electron chi connectivity index (χ3n) is 5.94. The Labute approximate surface area is 202 Å². The summed E-state index contributed by atoms with van der Waals surface area (Å²) in [6.45, 7) is 13.9. The van der Waals surface area contributed by atoms with Gasteiger partial charge in [-0.15, -0.1) is 15.0 Å². The van der Waals surface area contributed by atoms with Crippen molar-refractivity contribution in [2.45, 2.75) is 72.1 Å². The van der Waals surface area contributed by atoms with Gasteiger partial charge in [-0.3, -0.25) is 4.79 Å². The number of cyclic esters (lactones) is 1. The number of rotatable bonds is 10. The van der Waals surface area contributed by atoms with Crippen molar-refractivity contribution in [2.24, 2.45) is 11.3 Å². The standard InChI is InChI=1S/C24H37N5O4Si/c1-24(2,3)20(15-21-25-27-28(26-21)17-32-12-13-34(4,5)6)22(30)29-19(16-33-23(29)31)14-18-10-8-7-9-11-18/h7-11,19-20H,12-17H2,1-6H3/t19-,20+/m1/s1. The maximum Gasteiger partial charge on any atom is 0.416 e. The van der Waals surface area contributed by atoms with Gasteiger partial charge in [0.15, 0.2) is 12.6 Å². The largest absolute Gasteiger partial charge is 0.447 e. The highest BCUT2D eigenvalue weighted by molar-refractivity contribution is 6.76. The molecule has 2 aromatic rings. The summed E-state index contributed by atoms with van der Waals surface area (Å²) >= 11 is 0. The third-order valence-corrected chi connectivity index (χ3v) is 7.64. The summed E-state index contributed by atoms with van der Waals surface area (Å²) in [4.78, 5) is 28.9. The smallest absolute Gasteiger partial charge is 0.416 e. The highest BCUT2D eigenvalue weighted by Gasteiger charge is 2.44. The van der Waals surface area contributed by atoms with Crippen LogP contribution in [-0.2, 0) is 33.8 Å². The maximum atomic E-state index is 13.6. The summed E-state index contributed by atoms with van der Waals surface area (Å²) in [5, 5.41) is 12.6. The zero-order valence-electron chi connectivity index (χ0n) is 21.2. The Kier molecular flexibility index (Phi) is 8.24. The molecule has 0 radical (unpaired) electrons. The van der Waals surface area contributed by atoms with Gasteiger partial charge in [-0.05, 0) is 28.7 Å². The molecule has 2 heterocycles. The molecule has 3 rings (SSSR count). The van der Waals surface area contributed by atoms with Crippen molar-refractivity contribution in [1.82, 2.24) is 25.1 Å². The number of nitrogens with zero attached hydrogens (tertiary/aromatic N) is 5. The lowest BCUT2D eigenvalue weighted by atomic mass is 9.77. The topological polar surface area (TPSA) is 99.4 Å². The first-order chi connectivity index (χ1) is 15.9. The van der Waals surface area contributed by atoms with Gasteiger partial charge in [-0.25, -0.2) is 9.69 Å². The molecule has 1 fully saturated rings. The molecule has 0 bridgehead atoms. The van der Waals surface area contributed by atoms with Crippen molar-refractivity contribution in [3.05, 3.63) is 41.7 Å². The van der Waals surface area contributed by atoms with E-state index in [2.05, 4.69) is 35.1 Å². The van der Waals surface area contributed by atoms with Crippen molar-refractivity contribution < 1.29 is 19.1 Å². The first-order valence-corrected chi connectivity index (χ1v) is 15.5. The Bertz CT molecular complexity index is 968. The fraction of sp³-hybridized carbons (Fsp3) is 0.625. The lowest BCUT2D eigenvalue weighted by molar-refractivity contribution is -0.137. The van der Waals surface area contributed by atoms with E-state index in [-0.39, 0.29) is 31.7 Å². The molecule has 2 atom stereocenters. The number of carbonyl (C=O) groups excluding carboxylic acids is 2. The summed E-state index contributed by atoms with van der Waals surface area (Å²) < 4.78 is 11.0. The predicted molar refractivity (Wildman–Crippen MR) is 131 cm³/mol. The van der Waals surface area contributed by atoms with Crippen LogP contribution in [0, 0.1) is 11.3 Å². The van der Waals surface area contributed by atoms with Gasteiger partial charge in [-0.1, -0.05) is 70.7 Å². The van der Waals surface area contributed by atoms with Gasteiger partial charge in [0.1, 0.15) is 6.61 Å². The minimum Gasteiger partial charge on any atom is -0.447 e. The Morgan fingerprint density at radius 2 is 1.94 bits per heavy atom. The number of tetrazole rings is 1. The second-order valence-electron chi connectivity index (χ2n) is 11.2. The molecule has 1 saturated heterocycles. The molecular formula is C24H37N5O4Si. The second-order valence-corrected chi connectivity index (χ2v) is 16.8. The fourth-order valence-corrected chi connectivity index (χ4v) is 4.58. The van der Waals surface area contributed by atoms with E-state index in [9.17, 15) is 9.59 Å². The normalized spacial score (nSPS) is 17.6. The zero-order chi connectivity index (χ0) is 24.9. The average molecular weight is 488 g/mol. The van der Waals surface area contributed by atoms with Gasteiger partial charge in [-0.2, -0.15) is 0 Å². The van der Waals surface area contributed by atoms with E-state index in [4.69, 9.17) is 9.47 Å². The Hall–Kier alpha value is -2.59. The molecule has 0 unspecified atom stereocenters. The first kappa shape index (κ1) is 26.0. The molecule has 1 aliphatic rings. The SMILES string of the molecule is CC(C)(C)[C@@H](Cc1nnn(COCC[Si](C)(C)C)n1)C(=O)N1C(=O)OC[C@H]1Cc1ccccc1. The Morgan fingerprint density at radius 1 is 1.24 bits per heavy atom. The van der Waals surface area contributed by atoms with Crippen LogP contribution in [0.5, 0.6) is 0 Å². The summed E-state index contributed by atoms with van der Waals surface area (Å²) in [6.07, 6.45) is 0.241. The second kappa shape index (κ2) is 10.8. The fourth-order valence-electron chi connectivity index (χ4n) is 3.82. The molecule has 0 spiro atoms. The van der Waals surface area contributed by atoms with Crippen LogP contribution in [0.4, 0.5) is 4.79 Å². The molecule has 10 heteroatoms. The van der Waals surface area contributed by atoms with Gasteiger partial charge in [0.05, 0.1) is 12.0 Å². The van der Waals surface area contributed by atoms with Gasteiger partial charge < -0.3 is 9.47 Å². The number of imide groups is 1. The number of hydrogen-bond donors (Lipinski definition) is 0. The van der Waals surface area contributed by atoms with Crippen LogP contribution in [0.15, 0.2) is 30.3 Å². The lowest BCUT2D eigenvalue weighted by Gasteiger charge is -2.32. The molecule has 0 N–H and O–H groups in total. The van der Waals surface area contributed by atoms with E-state index >= 15 is 0 Å². The van der Waals surface area contributed by atoms with Gasteiger partial charge in [0.2, 0.25) is 5.91 Å². The van der Waals surface area contributed by atoms with Gasteiger partial charge >= 0.3 is 6.09 Å². The number of benzene rings is 1. The Morgan fingerprint density at radius 3 is 2.59 bits per heavy atom. The van der Waals surface area contributed by atoms with Crippen molar-refractivity contribution in [2.75, 3.05) is 13.2 Å². The molecule has 2 amide bonds. The number of amides is 2. The predicted octanol–water partition coefficient (Wildman–Crippen LogP) is 3.78. The summed E-state index contributed by atoms with van der Waals surface area (Å²) in [5.74, 6) is -0.324. The molecule has 34 heavy (non-hydrogen) atoms. The molecule has 9 nitrogen and oxygen atoms in total. The molecule has 1 aromatic carbocycles. The quantitative estimate of drug-likeness (QED) is 0.371. The van der Waals surface area contributed by atoms with Crippen LogP contribution >= 0.6 is 0 Å². The van der Waals surface area contributed by atoms with E-state index in [1.165, 1.54) is 9.70 Å². The lowest BCUT2D eigenvalue weighted by Crippen LogP contribution is -2.47. The molecular weight excluding hydrogens is 450 g/mol. The average Bonchev–Trinajstić information content (AvgIpc) is 3.34. The molecule has 0 aliphatic carbocycles. The molecule has 186 valence electrons. The van der Waals surface area contributed by atoms with Crippen LogP contribution in [0.1, 0.15) is 32.2 Å². The molecule has 0 saturated carbocycles. The summed E-state index contributed by atoms with van der Waals surface area (Å²) in [6, 6.07) is 10.5. The number of ether oxygens (including phenoxy) is 2. The van der Waals surface area contributed by atoms with Crippen LogP contribution in [0.2, 0.25) is 25.7 Å². The van der Waals surface area contributed by atoms with Crippen LogP contribution < -0.4 is 0 Å². The monoisotopic (exact) mass is 487 g/mol. The molecule has 1 aromatic heterocycles. The van der Waals surface area contributed by atoms with Gasteiger partial charge in [0.25, 0.3) is 0 Å². The van der Waals surface area contributed by atoms with E-state index < -0.39 is 25.5 Å². The van der Waals surface area contributed by atoms with E-state index in [0.717, 1.165) is 11.6 Å². The van der Waals surface area contributed by atoms with Gasteiger partial charge in [0, 0.05) is 21.1 Å². The summed E-state index contributed by atoms with van der Waals surface area (Å²) in [5.41, 5.74) is 0.631. The van der Waals surface area contributed by atoms with Crippen LogP contribution in [0.3, 0.4) is 0 Å². The van der Waals surface area contributed by atoms with Crippen molar-refractivity contribution >= 4 is 20.1 Å². The third kappa shape index (κ3) is 7.20. The van der Waals surface area contributed by atoms with Crippen molar-refractivity contribution in [3.8, 4) is 0 Å². The van der Waals surface area contributed by atoms with Crippen molar-refractivity contribution in [1.29, 1.82) is 0 Å². The van der Waals surface area contributed by atoms with Crippen LogP contribution in [-0.4, -0.2) is 64.4 Å². The summed E-state index contributed by atoms with van der Waals surface area (Å²) in [7, 11) is -1.17. The highest BCUT2D eigenvalue weighted by atomic mass is 28.3. The van der Waals surface area contributed by atoms with Crippen LogP contribution in [0.25, 0.3) is 0 Å². The minimum atomic E-state index is -1.17. The minimum absolute atomic E-state index is 0.194. The van der Waals surface area contributed by atoms with Crippen molar-refractivity contribution in [3.63, 3.8) is 0 Å². The first-order valence-electron chi connectivity index (χ1n) is 11.8.